The number of hydrogen-bond acceptors (Lipinski definition) is 5. The maximum Gasteiger partial charge on any atom is 0.317 e. The number of likely N-dealkylation sites (tertiary alicyclic amines) is 1. The standard InChI is InChI=1S/C16H26N4O2S2/c1-10(2)12-6-20(7-13(12)18-15(22)19(4)5)14(21)9-24-16-17-11(3)8-23-16/h8,10,12-13H,6-7,9H2,1-5H3,(H,18,22)/t12-,13+/m0/s1. The molecule has 134 valence electrons. The normalized spacial score (nSPS) is 20.5. The van der Waals surface area contributed by atoms with Gasteiger partial charge in [-0.05, 0) is 12.8 Å². The average Bonchev–Trinajstić information content (AvgIpc) is 3.11. The van der Waals surface area contributed by atoms with Crippen LogP contribution in [0, 0.1) is 18.8 Å². The highest BCUT2D eigenvalue weighted by Crippen LogP contribution is 2.27. The lowest BCUT2D eigenvalue weighted by Crippen LogP contribution is -2.46. The number of hydrogen-bond donors (Lipinski definition) is 1. The Kier molecular flexibility index (Phi) is 6.51. The van der Waals surface area contributed by atoms with Crippen LogP contribution in [0.4, 0.5) is 4.79 Å². The summed E-state index contributed by atoms with van der Waals surface area (Å²) in [4.78, 5) is 32.3. The van der Waals surface area contributed by atoms with Gasteiger partial charge >= 0.3 is 6.03 Å². The van der Waals surface area contributed by atoms with Crippen LogP contribution in [0.15, 0.2) is 9.72 Å². The molecule has 24 heavy (non-hydrogen) atoms. The molecule has 1 N–H and O–H groups in total. The predicted molar refractivity (Wildman–Crippen MR) is 98.5 cm³/mol. The number of nitrogens with one attached hydrogen (secondary N) is 1. The quantitative estimate of drug-likeness (QED) is 0.808. The van der Waals surface area contributed by atoms with Crippen molar-refractivity contribution < 1.29 is 9.59 Å². The first-order valence-corrected chi connectivity index (χ1v) is 9.95. The van der Waals surface area contributed by atoms with E-state index in [0.717, 1.165) is 10.0 Å². The van der Waals surface area contributed by atoms with Gasteiger partial charge in [0.15, 0.2) is 4.34 Å². The Balaban J connectivity index is 1.93. The third-order valence-electron chi connectivity index (χ3n) is 4.21. The van der Waals surface area contributed by atoms with Crippen molar-refractivity contribution in [2.75, 3.05) is 32.9 Å². The molecule has 0 aliphatic carbocycles. The number of rotatable bonds is 5. The van der Waals surface area contributed by atoms with Crippen LogP contribution in [-0.4, -0.2) is 65.7 Å². The molecule has 1 saturated heterocycles. The predicted octanol–water partition coefficient (Wildman–Crippen LogP) is 2.30. The summed E-state index contributed by atoms with van der Waals surface area (Å²) in [5, 5.41) is 5.04. The van der Waals surface area contributed by atoms with Gasteiger partial charge in [0.05, 0.1) is 11.8 Å². The van der Waals surface area contributed by atoms with E-state index >= 15 is 0 Å². The molecule has 0 aromatic carbocycles. The van der Waals surface area contributed by atoms with Crippen LogP contribution >= 0.6 is 23.1 Å². The second-order valence-electron chi connectivity index (χ2n) is 6.70. The number of aryl methyl sites for hydroxylation is 1. The van der Waals surface area contributed by atoms with Crippen molar-refractivity contribution in [1.82, 2.24) is 20.1 Å². The monoisotopic (exact) mass is 370 g/mol. The molecule has 2 heterocycles. The number of urea groups is 1. The molecule has 0 unspecified atom stereocenters. The highest BCUT2D eigenvalue weighted by molar-refractivity contribution is 8.01. The third kappa shape index (κ3) is 4.86. The molecular formula is C16H26N4O2S2. The van der Waals surface area contributed by atoms with Crippen molar-refractivity contribution >= 4 is 35.0 Å². The van der Waals surface area contributed by atoms with Gasteiger partial charge in [-0.1, -0.05) is 25.6 Å². The van der Waals surface area contributed by atoms with Crippen LogP contribution in [0.5, 0.6) is 0 Å². The van der Waals surface area contributed by atoms with Crippen molar-refractivity contribution in [2.24, 2.45) is 11.8 Å². The van der Waals surface area contributed by atoms with Crippen LogP contribution in [0.25, 0.3) is 0 Å². The number of carbonyl (C=O) groups is 2. The molecule has 2 rings (SSSR count). The van der Waals surface area contributed by atoms with E-state index in [-0.39, 0.29) is 23.9 Å². The topological polar surface area (TPSA) is 65.5 Å². The van der Waals surface area contributed by atoms with Crippen molar-refractivity contribution in [2.45, 2.75) is 31.2 Å². The fourth-order valence-corrected chi connectivity index (χ4v) is 4.51. The second-order valence-corrected chi connectivity index (χ2v) is 8.78. The molecule has 0 radical (unpaired) electrons. The molecule has 6 nitrogen and oxygen atoms in total. The van der Waals surface area contributed by atoms with E-state index < -0.39 is 0 Å². The van der Waals surface area contributed by atoms with Gasteiger partial charge in [0.25, 0.3) is 0 Å². The maximum atomic E-state index is 12.5. The molecule has 8 heteroatoms. The van der Waals surface area contributed by atoms with E-state index in [1.54, 1.807) is 25.4 Å². The number of thioether (sulfide) groups is 1. The van der Waals surface area contributed by atoms with E-state index in [1.165, 1.54) is 16.7 Å². The lowest BCUT2D eigenvalue weighted by atomic mass is 9.91. The molecule has 0 saturated carbocycles. The molecule has 1 aromatic rings. The fraction of sp³-hybridized carbons (Fsp3) is 0.688. The Bertz CT molecular complexity index is 588. The molecule has 1 fully saturated rings. The Labute approximate surface area is 152 Å². The van der Waals surface area contributed by atoms with E-state index in [1.807, 2.05) is 17.2 Å². The Morgan fingerprint density at radius 1 is 1.46 bits per heavy atom. The smallest absolute Gasteiger partial charge is 0.317 e. The molecule has 3 amide bonds. The van der Waals surface area contributed by atoms with Gasteiger partial charge in [0, 0.05) is 44.2 Å². The van der Waals surface area contributed by atoms with E-state index in [0.29, 0.717) is 24.8 Å². The summed E-state index contributed by atoms with van der Waals surface area (Å²) >= 11 is 3.06. The van der Waals surface area contributed by atoms with E-state index in [2.05, 4.69) is 24.1 Å². The largest absolute Gasteiger partial charge is 0.340 e. The minimum Gasteiger partial charge on any atom is -0.340 e. The molecular weight excluding hydrogens is 344 g/mol. The zero-order valence-electron chi connectivity index (χ0n) is 14.9. The zero-order chi connectivity index (χ0) is 17.9. The summed E-state index contributed by atoms with van der Waals surface area (Å²) in [5.74, 6) is 1.20. The maximum absolute atomic E-state index is 12.5. The van der Waals surface area contributed by atoms with E-state index in [4.69, 9.17) is 0 Å². The van der Waals surface area contributed by atoms with Gasteiger partial charge in [-0.3, -0.25) is 4.79 Å². The van der Waals surface area contributed by atoms with Crippen LogP contribution in [-0.2, 0) is 4.79 Å². The van der Waals surface area contributed by atoms with Crippen LogP contribution in [0.1, 0.15) is 19.5 Å². The summed E-state index contributed by atoms with van der Waals surface area (Å²) < 4.78 is 0.929. The minimum absolute atomic E-state index is 0.0101. The van der Waals surface area contributed by atoms with Crippen LogP contribution in [0.3, 0.4) is 0 Å². The van der Waals surface area contributed by atoms with Gasteiger partial charge in [-0.25, -0.2) is 9.78 Å². The molecule has 1 aliphatic rings. The molecule has 0 spiro atoms. The van der Waals surface area contributed by atoms with E-state index in [9.17, 15) is 9.59 Å². The number of carbonyl (C=O) groups excluding carboxylic acids is 2. The number of amides is 3. The SMILES string of the molecule is Cc1csc(SCC(=O)N2C[C@@H](NC(=O)N(C)C)[C@H](C(C)C)C2)n1. The second kappa shape index (κ2) is 8.20. The fourth-order valence-electron chi connectivity index (χ4n) is 2.76. The third-order valence-corrected chi connectivity index (χ3v) is 6.33. The Morgan fingerprint density at radius 3 is 2.71 bits per heavy atom. The Morgan fingerprint density at radius 2 is 2.17 bits per heavy atom. The van der Waals surface area contributed by atoms with Crippen molar-refractivity contribution in [3.63, 3.8) is 0 Å². The number of aromatic nitrogens is 1. The van der Waals surface area contributed by atoms with Gasteiger partial charge in [-0.2, -0.15) is 0 Å². The summed E-state index contributed by atoms with van der Waals surface area (Å²) in [7, 11) is 3.45. The lowest BCUT2D eigenvalue weighted by Gasteiger charge is -2.24. The number of nitrogens with zero attached hydrogens (tertiary/aromatic N) is 3. The summed E-state index contributed by atoms with van der Waals surface area (Å²) in [5.41, 5.74) is 0.988. The highest BCUT2D eigenvalue weighted by atomic mass is 32.2. The lowest BCUT2D eigenvalue weighted by molar-refractivity contribution is -0.127. The van der Waals surface area contributed by atoms with Gasteiger partial charge < -0.3 is 15.1 Å². The number of thiazole rings is 1. The molecule has 2 atom stereocenters. The van der Waals surface area contributed by atoms with Gasteiger partial charge in [0.1, 0.15) is 0 Å². The van der Waals surface area contributed by atoms with Crippen LogP contribution in [0.2, 0.25) is 0 Å². The summed E-state index contributed by atoms with van der Waals surface area (Å²) in [6.07, 6.45) is 0. The first-order chi connectivity index (χ1) is 11.3. The highest BCUT2D eigenvalue weighted by Gasteiger charge is 2.37. The van der Waals surface area contributed by atoms with Crippen molar-refractivity contribution in [3.05, 3.63) is 11.1 Å². The average molecular weight is 371 g/mol. The zero-order valence-corrected chi connectivity index (χ0v) is 16.5. The molecule has 1 aromatic heterocycles. The minimum atomic E-state index is -0.104. The Hall–Kier alpha value is -1.28. The van der Waals surface area contributed by atoms with Gasteiger partial charge in [-0.15, -0.1) is 11.3 Å². The first-order valence-electron chi connectivity index (χ1n) is 8.08. The van der Waals surface area contributed by atoms with Crippen molar-refractivity contribution in [1.29, 1.82) is 0 Å². The van der Waals surface area contributed by atoms with Crippen LogP contribution < -0.4 is 5.32 Å². The van der Waals surface area contributed by atoms with Gasteiger partial charge in [0.2, 0.25) is 5.91 Å². The summed E-state index contributed by atoms with van der Waals surface area (Å²) in [6.45, 7) is 7.51. The first kappa shape index (κ1) is 19.1. The molecule has 1 aliphatic heterocycles. The van der Waals surface area contributed by atoms with Crippen molar-refractivity contribution in [3.8, 4) is 0 Å². The summed E-state index contributed by atoms with van der Waals surface area (Å²) in [6, 6.07) is -0.0939. The molecule has 0 bridgehead atoms.